The molecule has 3 aromatic rings. The minimum Gasteiger partial charge on any atom is -0.489 e. The monoisotopic (exact) mass is 482 g/mol. The van der Waals surface area contributed by atoms with Crippen LogP contribution in [-0.4, -0.2) is 16.7 Å². The van der Waals surface area contributed by atoms with E-state index >= 15 is 0 Å². The maximum Gasteiger partial charge on any atom is 0.269 e. The van der Waals surface area contributed by atoms with Gasteiger partial charge in [-0.05, 0) is 72.4 Å². The van der Waals surface area contributed by atoms with Crippen molar-refractivity contribution in [1.29, 1.82) is 0 Å². The van der Waals surface area contributed by atoms with Crippen LogP contribution in [0, 0.1) is 33.8 Å². The summed E-state index contributed by atoms with van der Waals surface area (Å²) in [6, 6.07) is 20.3. The minimum atomic E-state index is -0.455. The smallest absolute Gasteiger partial charge is 0.269 e. The SMILES string of the molecule is O=C1[C@@H]2[C@H](C(=O)N1c1ccc(OCc3ccc(Oc4ccc([N+](=O)[O-])cc4)cc3)cc1)[C@H]1C=C[C@H]2C1. The fourth-order valence-electron chi connectivity index (χ4n) is 5.44. The van der Waals surface area contributed by atoms with Gasteiger partial charge in [-0.15, -0.1) is 0 Å². The van der Waals surface area contributed by atoms with E-state index in [1.807, 2.05) is 12.1 Å². The normalized spacial score (nSPS) is 23.7. The number of hydrogen-bond acceptors (Lipinski definition) is 6. The van der Waals surface area contributed by atoms with Crippen LogP contribution in [-0.2, 0) is 16.2 Å². The van der Waals surface area contributed by atoms with E-state index in [0.29, 0.717) is 29.5 Å². The van der Waals surface area contributed by atoms with Gasteiger partial charge < -0.3 is 9.47 Å². The molecule has 2 amide bonds. The van der Waals surface area contributed by atoms with Crippen molar-refractivity contribution in [3.8, 4) is 17.2 Å². The molecule has 3 aliphatic rings. The lowest BCUT2D eigenvalue weighted by molar-refractivity contribution is -0.384. The third-order valence-electron chi connectivity index (χ3n) is 7.18. The van der Waals surface area contributed by atoms with Crippen LogP contribution in [0.25, 0.3) is 0 Å². The summed E-state index contributed by atoms with van der Waals surface area (Å²) in [5, 5.41) is 10.8. The summed E-state index contributed by atoms with van der Waals surface area (Å²) in [4.78, 5) is 37.6. The van der Waals surface area contributed by atoms with Crippen LogP contribution in [0.1, 0.15) is 12.0 Å². The average Bonchev–Trinajstić information content (AvgIpc) is 3.58. The summed E-state index contributed by atoms with van der Waals surface area (Å²) in [7, 11) is 0. The number of nitro groups is 1. The van der Waals surface area contributed by atoms with Crippen LogP contribution >= 0.6 is 0 Å². The molecule has 180 valence electrons. The fraction of sp³-hybridized carbons (Fsp3) is 0.214. The van der Waals surface area contributed by atoms with Crippen LogP contribution in [0.5, 0.6) is 17.2 Å². The van der Waals surface area contributed by atoms with Crippen molar-refractivity contribution in [3.63, 3.8) is 0 Å². The summed E-state index contributed by atoms with van der Waals surface area (Å²) < 4.78 is 11.6. The van der Waals surface area contributed by atoms with Gasteiger partial charge in [0.2, 0.25) is 11.8 Å². The number of non-ortho nitro benzene ring substituents is 1. The number of carbonyl (C=O) groups excluding carboxylic acids is 2. The van der Waals surface area contributed by atoms with Crippen molar-refractivity contribution in [3.05, 3.63) is 101 Å². The van der Waals surface area contributed by atoms with Gasteiger partial charge in [-0.3, -0.25) is 24.6 Å². The molecule has 0 N–H and O–H groups in total. The average molecular weight is 482 g/mol. The second-order valence-electron chi connectivity index (χ2n) is 9.29. The molecule has 3 aromatic carbocycles. The Morgan fingerprint density at radius 1 is 0.778 bits per heavy atom. The maximum absolute atomic E-state index is 13.0. The Hall–Kier alpha value is -4.46. The third kappa shape index (κ3) is 3.80. The Morgan fingerprint density at radius 3 is 1.86 bits per heavy atom. The number of carbonyl (C=O) groups is 2. The van der Waals surface area contributed by atoms with Crippen LogP contribution in [0.4, 0.5) is 11.4 Å². The number of allylic oxidation sites excluding steroid dienone is 2. The highest BCUT2D eigenvalue weighted by atomic mass is 16.6. The number of amides is 2. The molecular weight excluding hydrogens is 460 g/mol. The molecule has 36 heavy (non-hydrogen) atoms. The number of fused-ring (bicyclic) bond motifs is 5. The van der Waals surface area contributed by atoms with E-state index in [1.54, 1.807) is 48.5 Å². The Bertz CT molecular complexity index is 1330. The second-order valence-corrected chi connectivity index (χ2v) is 9.29. The molecule has 6 rings (SSSR count). The maximum atomic E-state index is 13.0. The third-order valence-corrected chi connectivity index (χ3v) is 7.18. The predicted molar refractivity (Wildman–Crippen MR) is 131 cm³/mol. The zero-order valence-corrected chi connectivity index (χ0v) is 19.2. The van der Waals surface area contributed by atoms with E-state index in [2.05, 4.69) is 12.2 Å². The molecule has 0 aromatic heterocycles. The van der Waals surface area contributed by atoms with Gasteiger partial charge in [-0.25, -0.2) is 0 Å². The molecule has 8 nitrogen and oxygen atoms in total. The van der Waals surface area contributed by atoms with Crippen molar-refractivity contribution in [1.82, 2.24) is 0 Å². The first-order chi connectivity index (χ1) is 17.5. The van der Waals surface area contributed by atoms with E-state index in [1.165, 1.54) is 17.0 Å². The predicted octanol–water partition coefficient (Wildman–Crippen LogP) is 5.28. The lowest BCUT2D eigenvalue weighted by Crippen LogP contribution is -2.32. The summed E-state index contributed by atoms with van der Waals surface area (Å²) in [5.74, 6) is 1.51. The van der Waals surface area contributed by atoms with Gasteiger partial charge in [-0.1, -0.05) is 24.3 Å². The number of ether oxygens (including phenoxy) is 2. The zero-order chi connectivity index (χ0) is 24.8. The molecule has 2 bridgehead atoms. The number of hydrogen-bond donors (Lipinski definition) is 0. The van der Waals surface area contributed by atoms with Crippen molar-refractivity contribution in [2.24, 2.45) is 23.7 Å². The first-order valence-electron chi connectivity index (χ1n) is 11.8. The van der Waals surface area contributed by atoms with Gasteiger partial charge in [0, 0.05) is 12.1 Å². The Kier molecular flexibility index (Phi) is 5.29. The Balaban J connectivity index is 1.05. The van der Waals surface area contributed by atoms with Gasteiger partial charge in [0.05, 0.1) is 22.4 Å². The summed E-state index contributed by atoms with van der Waals surface area (Å²) in [6.45, 7) is 0.331. The highest BCUT2D eigenvalue weighted by molar-refractivity contribution is 6.22. The van der Waals surface area contributed by atoms with Gasteiger partial charge >= 0.3 is 0 Å². The number of imide groups is 1. The molecule has 2 fully saturated rings. The molecule has 1 saturated carbocycles. The van der Waals surface area contributed by atoms with Crippen LogP contribution in [0.2, 0.25) is 0 Å². The number of rotatable bonds is 7. The number of nitrogens with zero attached hydrogens (tertiary/aromatic N) is 2. The van der Waals surface area contributed by atoms with Gasteiger partial charge in [0.25, 0.3) is 5.69 Å². The van der Waals surface area contributed by atoms with Gasteiger partial charge in [0.1, 0.15) is 23.9 Å². The first kappa shape index (κ1) is 22.0. The minimum absolute atomic E-state index is 0.00765. The molecule has 0 unspecified atom stereocenters. The molecule has 1 aliphatic heterocycles. The van der Waals surface area contributed by atoms with E-state index in [4.69, 9.17) is 9.47 Å². The van der Waals surface area contributed by atoms with E-state index in [0.717, 1.165) is 12.0 Å². The molecule has 1 saturated heterocycles. The molecular formula is C28H22N2O6. The molecule has 0 radical (unpaired) electrons. The summed E-state index contributed by atoms with van der Waals surface area (Å²) >= 11 is 0. The van der Waals surface area contributed by atoms with Crippen LogP contribution in [0.15, 0.2) is 84.9 Å². The summed E-state index contributed by atoms with van der Waals surface area (Å²) in [6.07, 6.45) is 5.09. The zero-order valence-electron chi connectivity index (χ0n) is 19.2. The van der Waals surface area contributed by atoms with Crippen LogP contribution < -0.4 is 14.4 Å². The Labute approximate surface area is 206 Å². The first-order valence-corrected chi connectivity index (χ1v) is 11.8. The van der Waals surface area contributed by atoms with Crippen molar-refractivity contribution in [2.75, 3.05) is 4.90 Å². The van der Waals surface area contributed by atoms with Crippen molar-refractivity contribution < 1.29 is 24.0 Å². The van der Waals surface area contributed by atoms with E-state index in [-0.39, 0.29) is 41.2 Å². The lowest BCUT2D eigenvalue weighted by Gasteiger charge is -2.17. The Morgan fingerprint density at radius 2 is 1.31 bits per heavy atom. The number of nitro benzene ring substituents is 1. The lowest BCUT2D eigenvalue weighted by atomic mass is 9.85. The van der Waals surface area contributed by atoms with E-state index < -0.39 is 4.92 Å². The highest BCUT2D eigenvalue weighted by Gasteiger charge is 2.59. The highest BCUT2D eigenvalue weighted by Crippen LogP contribution is 2.53. The molecule has 8 heteroatoms. The number of benzene rings is 3. The summed E-state index contributed by atoms with van der Waals surface area (Å²) in [5.41, 5.74) is 1.52. The molecule has 4 atom stereocenters. The van der Waals surface area contributed by atoms with Gasteiger partial charge in [-0.2, -0.15) is 0 Å². The molecule has 2 aliphatic carbocycles. The van der Waals surface area contributed by atoms with Crippen LogP contribution in [0.3, 0.4) is 0 Å². The molecule has 0 spiro atoms. The molecule has 1 heterocycles. The van der Waals surface area contributed by atoms with Crippen molar-refractivity contribution >= 4 is 23.2 Å². The fourth-order valence-corrected chi connectivity index (χ4v) is 5.44. The standard InChI is InChI=1S/C28H22N2O6/c31-27-25-18-3-4-19(15-18)26(25)28(32)29(27)20-5-11-22(12-6-20)35-16-17-1-9-23(10-2-17)36-24-13-7-21(8-14-24)30(33)34/h1-14,18-19,25-26H,15-16H2/t18-,19-,25-,26+/m0/s1. The number of anilines is 1. The van der Waals surface area contributed by atoms with Gasteiger partial charge in [0.15, 0.2) is 0 Å². The largest absolute Gasteiger partial charge is 0.489 e. The van der Waals surface area contributed by atoms with Crippen molar-refractivity contribution in [2.45, 2.75) is 13.0 Å². The quantitative estimate of drug-likeness (QED) is 0.197. The van der Waals surface area contributed by atoms with E-state index in [9.17, 15) is 19.7 Å². The second kappa shape index (κ2) is 8.64. The topological polar surface area (TPSA) is 99.0 Å².